The van der Waals surface area contributed by atoms with Crippen molar-refractivity contribution < 1.29 is 19.4 Å². The van der Waals surface area contributed by atoms with Gasteiger partial charge in [-0.05, 0) is 51.3 Å². The zero-order valence-electron chi connectivity index (χ0n) is 14.9. The first kappa shape index (κ1) is 21.0. The lowest BCUT2D eigenvalue weighted by Crippen LogP contribution is -2.16. The molecule has 1 atom stereocenters. The lowest BCUT2D eigenvalue weighted by atomic mass is 10.1. The highest BCUT2D eigenvalue weighted by atomic mass is 35.5. The van der Waals surface area contributed by atoms with Gasteiger partial charge < -0.3 is 9.84 Å². The number of rotatable bonds is 0. The molecule has 0 saturated heterocycles. The number of cyclic esters (lactones) is 1. The molecular formula is C20H25ClO4. The SMILES string of the molecule is CC1=C/C(O)=C(\C)C(=O)OC(C)C/C=C/CC/C=C/C(=O)CC=C1Cl. The summed E-state index contributed by atoms with van der Waals surface area (Å²) in [6.45, 7) is 4.98. The monoisotopic (exact) mass is 364 g/mol. The number of esters is 1. The molecular weight excluding hydrogens is 340 g/mol. The molecule has 0 aromatic carbocycles. The number of ether oxygens (including phenoxy) is 1. The number of ketones is 1. The molecule has 0 aromatic heterocycles. The van der Waals surface area contributed by atoms with Gasteiger partial charge in [0, 0.05) is 17.9 Å². The summed E-state index contributed by atoms with van der Waals surface area (Å²) in [5, 5.41) is 10.4. The van der Waals surface area contributed by atoms with Crippen molar-refractivity contribution in [3.05, 3.63) is 58.4 Å². The normalized spacial score (nSPS) is 27.4. The number of halogens is 1. The summed E-state index contributed by atoms with van der Waals surface area (Å²) in [6, 6.07) is 0. The maximum Gasteiger partial charge on any atom is 0.337 e. The largest absolute Gasteiger partial charge is 0.507 e. The van der Waals surface area contributed by atoms with Gasteiger partial charge >= 0.3 is 5.97 Å². The number of allylic oxidation sites excluding steroid dienone is 7. The predicted octanol–water partition coefficient (Wildman–Crippen LogP) is 5.07. The van der Waals surface area contributed by atoms with Crippen LogP contribution in [-0.2, 0) is 14.3 Å². The van der Waals surface area contributed by atoms with Crippen LogP contribution < -0.4 is 0 Å². The topological polar surface area (TPSA) is 63.6 Å². The second-order valence-corrected chi connectivity index (χ2v) is 6.37. The third-order valence-electron chi connectivity index (χ3n) is 3.65. The van der Waals surface area contributed by atoms with Gasteiger partial charge in [0.25, 0.3) is 0 Å². The Bertz CT molecular complexity index is 651. The first-order valence-corrected chi connectivity index (χ1v) is 8.68. The summed E-state index contributed by atoms with van der Waals surface area (Å²) < 4.78 is 5.31. The molecule has 0 radical (unpaired) electrons. The van der Waals surface area contributed by atoms with Crippen LogP contribution in [0.1, 0.15) is 46.5 Å². The van der Waals surface area contributed by atoms with Gasteiger partial charge in [-0.2, -0.15) is 0 Å². The van der Waals surface area contributed by atoms with E-state index < -0.39 is 5.97 Å². The summed E-state index contributed by atoms with van der Waals surface area (Å²) in [5.74, 6) is -0.810. The fourth-order valence-electron chi connectivity index (χ4n) is 2.04. The number of hydrogen-bond donors (Lipinski definition) is 1. The molecule has 1 rings (SSSR count). The molecule has 1 aliphatic rings. The van der Waals surface area contributed by atoms with Crippen molar-refractivity contribution in [2.24, 2.45) is 0 Å². The quantitative estimate of drug-likeness (QED) is 0.481. The fourth-order valence-corrected chi connectivity index (χ4v) is 2.17. The van der Waals surface area contributed by atoms with Gasteiger partial charge in [0.15, 0.2) is 5.78 Å². The van der Waals surface area contributed by atoms with Crippen molar-refractivity contribution in [3.63, 3.8) is 0 Å². The van der Waals surface area contributed by atoms with E-state index in [4.69, 9.17) is 16.3 Å². The Kier molecular flexibility index (Phi) is 9.00. The Labute approximate surface area is 154 Å². The Hall–Kier alpha value is -2.07. The molecule has 0 fully saturated rings. The molecule has 1 N–H and O–H groups in total. The van der Waals surface area contributed by atoms with Crippen LogP contribution in [0.5, 0.6) is 0 Å². The van der Waals surface area contributed by atoms with Crippen LogP contribution in [0, 0.1) is 0 Å². The summed E-state index contributed by atoms with van der Waals surface area (Å²) in [4.78, 5) is 23.8. The molecule has 0 aliphatic carbocycles. The molecule has 136 valence electrons. The summed E-state index contributed by atoms with van der Waals surface area (Å²) in [7, 11) is 0. The molecule has 4 nitrogen and oxygen atoms in total. The lowest BCUT2D eigenvalue weighted by molar-refractivity contribution is -0.143. The van der Waals surface area contributed by atoms with Crippen molar-refractivity contribution in [2.45, 2.75) is 52.6 Å². The summed E-state index contributed by atoms with van der Waals surface area (Å²) in [6.07, 6.45) is 12.4. The Morgan fingerprint density at radius 1 is 1.16 bits per heavy atom. The molecule has 0 aromatic rings. The van der Waals surface area contributed by atoms with E-state index in [2.05, 4.69) is 0 Å². The second-order valence-electron chi connectivity index (χ2n) is 5.96. The van der Waals surface area contributed by atoms with Crippen LogP contribution in [0.25, 0.3) is 0 Å². The zero-order chi connectivity index (χ0) is 18.8. The minimum Gasteiger partial charge on any atom is -0.507 e. The summed E-state index contributed by atoms with van der Waals surface area (Å²) in [5.41, 5.74) is 0.667. The van der Waals surface area contributed by atoms with Gasteiger partial charge in [-0.3, -0.25) is 4.79 Å². The standard InChI is InChI=1S/C20H25ClO4/c1-14-13-19(23)16(3)20(24)25-15(2)9-7-5-4-6-8-10-17(22)11-12-18(14)21/h5,7-8,10,12-13,15,23H,4,6,9,11H2,1-3H3/b7-5+,10-8+,14-13?,18-12?,19-16-. The first-order chi connectivity index (χ1) is 11.8. The summed E-state index contributed by atoms with van der Waals surface area (Å²) >= 11 is 6.14. The molecule has 0 spiro atoms. The molecule has 25 heavy (non-hydrogen) atoms. The van der Waals surface area contributed by atoms with Gasteiger partial charge in [-0.25, -0.2) is 4.79 Å². The number of aliphatic hydroxyl groups is 1. The van der Waals surface area contributed by atoms with Gasteiger partial charge in [-0.1, -0.05) is 35.9 Å². The van der Waals surface area contributed by atoms with Crippen LogP contribution in [0.4, 0.5) is 0 Å². The van der Waals surface area contributed by atoms with E-state index in [0.29, 0.717) is 17.0 Å². The molecule has 0 bridgehead atoms. The van der Waals surface area contributed by atoms with Crippen LogP contribution in [0.2, 0.25) is 0 Å². The van der Waals surface area contributed by atoms with Crippen molar-refractivity contribution in [2.75, 3.05) is 0 Å². The van der Waals surface area contributed by atoms with Gasteiger partial charge in [-0.15, -0.1) is 0 Å². The molecule has 1 aliphatic heterocycles. The van der Waals surface area contributed by atoms with Crippen LogP contribution in [-0.4, -0.2) is 23.0 Å². The van der Waals surface area contributed by atoms with E-state index >= 15 is 0 Å². The number of aliphatic hydroxyl groups excluding tert-OH is 1. The fraction of sp³-hybridized carbons (Fsp3) is 0.400. The smallest absolute Gasteiger partial charge is 0.337 e. The van der Waals surface area contributed by atoms with Crippen molar-refractivity contribution in [1.82, 2.24) is 0 Å². The molecule has 0 amide bonds. The van der Waals surface area contributed by atoms with E-state index in [9.17, 15) is 14.7 Å². The highest BCUT2D eigenvalue weighted by Gasteiger charge is 2.14. The Morgan fingerprint density at radius 3 is 2.56 bits per heavy atom. The predicted molar refractivity (Wildman–Crippen MR) is 100 cm³/mol. The van der Waals surface area contributed by atoms with E-state index in [1.54, 1.807) is 26.0 Å². The maximum atomic E-state index is 12.1. The highest BCUT2D eigenvalue weighted by Crippen LogP contribution is 2.18. The molecule has 5 heteroatoms. The lowest BCUT2D eigenvalue weighted by Gasteiger charge is -2.12. The van der Waals surface area contributed by atoms with Gasteiger partial charge in [0.2, 0.25) is 0 Å². The van der Waals surface area contributed by atoms with Gasteiger partial charge in [0.1, 0.15) is 11.9 Å². The third-order valence-corrected chi connectivity index (χ3v) is 4.10. The molecule has 1 heterocycles. The second kappa shape index (κ2) is 10.7. The van der Waals surface area contributed by atoms with E-state index in [-0.39, 0.29) is 29.6 Å². The zero-order valence-corrected chi connectivity index (χ0v) is 15.7. The Morgan fingerprint density at radius 2 is 1.84 bits per heavy atom. The molecule has 1 unspecified atom stereocenters. The number of carbonyl (C=O) groups is 2. The van der Waals surface area contributed by atoms with Crippen LogP contribution >= 0.6 is 11.6 Å². The van der Waals surface area contributed by atoms with E-state index in [0.717, 1.165) is 12.8 Å². The van der Waals surface area contributed by atoms with Crippen molar-refractivity contribution in [1.29, 1.82) is 0 Å². The van der Waals surface area contributed by atoms with Crippen LogP contribution in [0.15, 0.2) is 58.4 Å². The first-order valence-electron chi connectivity index (χ1n) is 8.30. The maximum absolute atomic E-state index is 12.1. The third kappa shape index (κ3) is 8.03. The van der Waals surface area contributed by atoms with E-state index in [1.807, 2.05) is 18.2 Å². The average Bonchev–Trinajstić information content (AvgIpc) is 2.56. The highest BCUT2D eigenvalue weighted by molar-refractivity contribution is 6.32. The van der Waals surface area contributed by atoms with Crippen molar-refractivity contribution in [3.8, 4) is 0 Å². The molecule has 0 saturated carbocycles. The van der Waals surface area contributed by atoms with E-state index in [1.165, 1.54) is 13.0 Å². The van der Waals surface area contributed by atoms with Crippen LogP contribution in [0.3, 0.4) is 0 Å². The minimum absolute atomic E-state index is 0.0378. The van der Waals surface area contributed by atoms with Gasteiger partial charge in [0.05, 0.1) is 5.57 Å². The Balaban J connectivity index is 3.07. The average molecular weight is 365 g/mol. The minimum atomic E-state index is -0.568. The van der Waals surface area contributed by atoms with Crippen molar-refractivity contribution >= 4 is 23.4 Å². The number of hydrogen-bond acceptors (Lipinski definition) is 4. The number of carbonyl (C=O) groups excluding carboxylic acids is 2.